The Labute approximate surface area is 130 Å². The Bertz CT molecular complexity index is 436. The molecule has 0 atom stereocenters. The molecule has 0 aliphatic heterocycles. The number of nitrogens with zero attached hydrogens (tertiary/aromatic N) is 1. The van der Waals surface area contributed by atoms with Crippen LogP contribution in [0.2, 0.25) is 0 Å². The number of carbonyl (C=O) groups is 1. The van der Waals surface area contributed by atoms with E-state index in [0.29, 0.717) is 6.54 Å². The smallest absolute Gasteiger partial charge is 0.240 e. The second-order valence-electron chi connectivity index (χ2n) is 5.57. The van der Waals surface area contributed by atoms with E-state index in [9.17, 15) is 4.79 Å². The summed E-state index contributed by atoms with van der Waals surface area (Å²) in [7, 11) is 0. The van der Waals surface area contributed by atoms with Gasteiger partial charge < -0.3 is 10.6 Å². The van der Waals surface area contributed by atoms with E-state index in [0.717, 1.165) is 30.4 Å². The number of carbonyl (C=O) groups excluding carboxylic acids is 1. The molecule has 2 N–H and O–H groups in total. The van der Waals surface area contributed by atoms with E-state index in [4.69, 9.17) is 0 Å². The van der Waals surface area contributed by atoms with Gasteiger partial charge in [-0.15, -0.1) is 23.7 Å². The van der Waals surface area contributed by atoms with E-state index in [1.54, 1.807) is 11.3 Å². The second kappa shape index (κ2) is 7.38. The molecule has 0 spiro atoms. The number of fused-ring (bicyclic) bond motifs is 1. The monoisotopic (exact) mass is 315 g/mol. The van der Waals surface area contributed by atoms with Crippen molar-refractivity contribution < 1.29 is 4.79 Å². The molecular formula is C14H22ClN3OS. The summed E-state index contributed by atoms with van der Waals surface area (Å²) >= 11 is 1.66. The quantitative estimate of drug-likeness (QED) is 0.822. The Hall–Kier alpha value is -0.650. The van der Waals surface area contributed by atoms with Gasteiger partial charge in [-0.3, -0.25) is 4.79 Å². The molecular weight excluding hydrogens is 294 g/mol. The fraction of sp³-hybridized carbons (Fsp3) is 0.714. The minimum atomic E-state index is 0. The standard InChI is InChI=1S/C14H21N3OS.ClH/c18-13(9-15-8-10-6-7-10)17-14-16-11-4-2-1-3-5-12(11)19-14;/h10,15H,1-9H2,(H,16,17,18);1H. The SMILES string of the molecule is Cl.O=C(CNCC1CC1)Nc1nc2c(s1)CCCCC2. The molecule has 2 aliphatic carbocycles. The highest BCUT2D eigenvalue weighted by Crippen LogP contribution is 2.29. The number of amides is 1. The van der Waals surface area contributed by atoms with Crippen LogP contribution in [0.1, 0.15) is 42.7 Å². The molecule has 1 heterocycles. The molecule has 20 heavy (non-hydrogen) atoms. The highest BCUT2D eigenvalue weighted by atomic mass is 35.5. The van der Waals surface area contributed by atoms with E-state index in [-0.39, 0.29) is 18.3 Å². The minimum Gasteiger partial charge on any atom is -0.308 e. The van der Waals surface area contributed by atoms with E-state index in [1.807, 2.05) is 0 Å². The third-order valence-electron chi connectivity index (χ3n) is 3.76. The summed E-state index contributed by atoms with van der Waals surface area (Å²) in [5.41, 5.74) is 1.21. The molecule has 2 aliphatic rings. The lowest BCUT2D eigenvalue weighted by molar-refractivity contribution is -0.115. The first-order valence-corrected chi connectivity index (χ1v) is 8.12. The van der Waals surface area contributed by atoms with Crippen molar-refractivity contribution in [2.45, 2.75) is 44.9 Å². The predicted octanol–water partition coefficient (Wildman–Crippen LogP) is 2.77. The first-order valence-electron chi connectivity index (χ1n) is 7.30. The zero-order chi connectivity index (χ0) is 13.1. The van der Waals surface area contributed by atoms with E-state index < -0.39 is 0 Å². The van der Waals surface area contributed by atoms with Crippen molar-refractivity contribution in [1.29, 1.82) is 0 Å². The number of anilines is 1. The molecule has 1 fully saturated rings. The lowest BCUT2D eigenvalue weighted by Crippen LogP contribution is -2.29. The number of rotatable bonds is 5. The van der Waals surface area contributed by atoms with E-state index >= 15 is 0 Å². The molecule has 0 aromatic carbocycles. The third-order valence-corrected chi connectivity index (χ3v) is 4.83. The van der Waals surface area contributed by atoms with Crippen LogP contribution < -0.4 is 10.6 Å². The van der Waals surface area contributed by atoms with Crippen LogP contribution in [0.25, 0.3) is 0 Å². The summed E-state index contributed by atoms with van der Waals surface area (Å²) < 4.78 is 0. The highest BCUT2D eigenvalue weighted by Gasteiger charge is 2.21. The Morgan fingerprint density at radius 3 is 2.85 bits per heavy atom. The van der Waals surface area contributed by atoms with Crippen LogP contribution >= 0.6 is 23.7 Å². The maximum atomic E-state index is 11.8. The van der Waals surface area contributed by atoms with Crippen molar-refractivity contribution in [3.8, 4) is 0 Å². The average Bonchev–Trinajstić information content (AvgIpc) is 3.16. The van der Waals surface area contributed by atoms with Crippen LogP contribution in [0.4, 0.5) is 5.13 Å². The molecule has 6 heteroatoms. The van der Waals surface area contributed by atoms with E-state index in [2.05, 4.69) is 15.6 Å². The molecule has 0 saturated heterocycles. The summed E-state index contributed by atoms with van der Waals surface area (Å²) in [6, 6.07) is 0. The molecule has 1 aromatic rings. The minimum absolute atomic E-state index is 0. The first kappa shape index (κ1) is 15.7. The van der Waals surface area contributed by atoms with Gasteiger partial charge in [-0.1, -0.05) is 6.42 Å². The number of aryl methyl sites for hydroxylation is 2. The highest BCUT2D eigenvalue weighted by molar-refractivity contribution is 7.15. The lowest BCUT2D eigenvalue weighted by Gasteiger charge is -2.03. The third kappa shape index (κ3) is 4.43. The number of thiazole rings is 1. The predicted molar refractivity (Wildman–Crippen MR) is 84.8 cm³/mol. The Morgan fingerprint density at radius 1 is 1.25 bits per heavy atom. The van der Waals surface area contributed by atoms with Gasteiger partial charge in [0.05, 0.1) is 12.2 Å². The molecule has 1 aromatic heterocycles. The van der Waals surface area contributed by atoms with E-state index in [1.165, 1.54) is 42.7 Å². The Morgan fingerprint density at radius 2 is 2.05 bits per heavy atom. The molecule has 0 unspecified atom stereocenters. The van der Waals surface area contributed by atoms with Crippen LogP contribution in [0, 0.1) is 5.92 Å². The first-order chi connectivity index (χ1) is 9.31. The number of hydrogen-bond acceptors (Lipinski definition) is 4. The number of aromatic nitrogens is 1. The zero-order valence-electron chi connectivity index (χ0n) is 11.6. The molecule has 0 radical (unpaired) electrons. The number of nitrogens with one attached hydrogen (secondary N) is 2. The van der Waals surface area contributed by atoms with Crippen molar-refractivity contribution in [1.82, 2.24) is 10.3 Å². The summed E-state index contributed by atoms with van der Waals surface area (Å²) in [6.07, 6.45) is 8.61. The summed E-state index contributed by atoms with van der Waals surface area (Å²) in [4.78, 5) is 17.7. The van der Waals surface area contributed by atoms with Gasteiger partial charge in [-0.2, -0.15) is 0 Å². The van der Waals surface area contributed by atoms with Crippen LogP contribution in [-0.4, -0.2) is 24.0 Å². The van der Waals surface area contributed by atoms with Crippen LogP contribution in [-0.2, 0) is 17.6 Å². The summed E-state index contributed by atoms with van der Waals surface area (Å²) in [6.45, 7) is 1.38. The Kier molecular flexibility index (Phi) is 5.81. The largest absolute Gasteiger partial charge is 0.308 e. The van der Waals surface area contributed by atoms with Crippen molar-refractivity contribution in [2.75, 3.05) is 18.4 Å². The van der Waals surface area contributed by atoms with Crippen molar-refractivity contribution in [3.05, 3.63) is 10.6 Å². The fourth-order valence-corrected chi connectivity index (χ4v) is 3.52. The average molecular weight is 316 g/mol. The van der Waals surface area contributed by atoms with Gasteiger partial charge in [-0.05, 0) is 51.0 Å². The summed E-state index contributed by atoms with van der Waals surface area (Å²) in [5.74, 6) is 0.841. The molecule has 3 rings (SSSR count). The van der Waals surface area contributed by atoms with Gasteiger partial charge in [0.1, 0.15) is 0 Å². The molecule has 1 saturated carbocycles. The molecule has 112 valence electrons. The van der Waals surface area contributed by atoms with Crippen molar-refractivity contribution in [3.63, 3.8) is 0 Å². The Balaban J connectivity index is 0.00000147. The molecule has 4 nitrogen and oxygen atoms in total. The molecule has 1 amide bonds. The van der Waals surface area contributed by atoms with Crippen LogP contribution in [0.15, 0.2) is 0 Å². The van der Waals surface area contributed by atoms with Gasteiger partial charge in [0, 0.05) is 4.88 Å². The number of halogens is 1. The van der Waals surface area contributed by atoms with Gasteiger partial charge in [0.25, 0.3) is 0 Å². The topological polar surface area (TPSA) is 54.0 Å². The fourth-order valence-electron chi connectivity index (χ4n) is 2.46. The summed E-state index contributed by atoms with van der Waals surface area (Å²) in [5, 5.41) is 6.91. The maximum Gasteiger partial charge on any atom is 0.240 e. The van der Waals surface area contributed by atoms with Crippen molar-refractivity contribution in [2.24, 2.45) is 5.92 Å². The van der Waals surface area contributed by atoms with Gasteiger partial charge in [0.2, 0.25) is 5.91 Å². The van der Waals surface area contributed by atoms with Crippen LogP contribution in [0.3, 0.4) is 0 Å². The van der Waals surface area contributed by atoms with Gasteiger partial charge in [-0.25, -0.2) is 4.98 Å². The lowest BCUT2D eigenvalue weighted by atomic mass is 10.2. The second-order valence-corrected chi connectivity index (χ2v) is 6.66. The normalized spacial score (nSPS) is 17.8. The van der Waals surface area contributed by atoms with Gasteiger partial charge >= 0.3 is 0 Å². The molecule has 0 bridgehead atoms. The maximum absolute atomic E-state index is 11.8. The number of hydrogen-bond donors (Lipinski definition) is 2. The van der Waals surface area contributed by atoms with Crippen LogP contribution in [0.5, 0.6) is 0 Å². The van der Waals surface area contributed by atoms with Crippen molar-refractivity contribution >= 4 is 34.8 Å². The zero-order valence-corrected chi connectivity index (χ0v) is 13.2. The van der Waals surface area contributed by atoms with Gasteiger partial charge in [0.15, 0.2) is 5.13 Å².